The minimum atomic E-state index is -0.186. The number of hydrogen-bond donors (Lipinski definition) is 2. The largest absolute Gasteiger partial charge is 0.487 e. The molecule has 30 heavy (non-hydrogen) atoms. The van der Waals surface area contributed by atoms with Gasteiger partial charge in [0.25, 0.3) is 5.91 Å². The van der Waals surface area contributed by atoms with E-state index < -0.39 is 0 Å². The SMILES string of the molecule is CC.CCNC(=O)c1ccc(C2=CC3(CC4CCC(C3)N4)OC3=C2C=CCC3)cc1. The van der Waals surface area contributed by atoms with Crippen LogP contribution in [0.2, 0.25) is 0 Å². The molecule has 3 heterocycles. The van der Waals surface area contributed by atoms with Crippen molar-refractivity contribution in [2.45, 2.75) is 77.0 Å². The van der Waals surface area contributed by atoms with Gasteiger partial charge in [-0.25, -0.2) is 0 Å². The second-order valence-corrected chi connectivity index (χ2v) is 8.49. The Bertz CT molecular complexity index is 867. The van der Waals surface area contributed by atoms with Gasteiger partial charge in [0.15, 0.2) is 0 Å². The lowest BCUT2D eigenvalue weighted by Crippen LogP contribution is -2.49. The predicted molar refractivity (Wildman–Crippen MR) is 122 cm³/mol. The molecule has 1 spiro atoms. The third-order valence-electron chi connectivity index (χ3n) is 6.46. The van der Waals surface area contributed by atoms with Gasteiger partial charge >= 0.3 is 0 Å². The van der Waals surface area contributed by atoms with Crippen molar-refractivity contribution in [3.05, 3.63) is 65.0 Å². The molecule has 1 aromatic rings. The Morgan fingerprint density at radius 3 is 2.53 bits per heavy atom. The highest BCUT2D eigenvalue weighted by atomic mass is 16.5. The normalized spacial score (nSPS) is 28.8. The van der Waals surface area contributed by atoms with Crippen LogP contribution in [0.5, 0.6) is 0 Å². The quantitative estimate of drug-likeness (QED) is 0.731. The highest BCUT2D eigenvalue weighted by Crippen LogP contribution is 2.47. The molecule has 0 saturated carbocycles. The van der Waals surface area contributed by atoms with Crippen molar-refractivity contribution in [1.29, 1.82) is 0 Å². The Morgan fingerprint density at radius 2 is 1.87 bits per heavy atom. The summed E-state index contributed by atoms with van der Waals surface area (Å²) in [5.41, 5.74) is 4.17. The van der Waals surface area contributed by atoms with Gasteiger partial charge < -0.3 is 15.4 Å². The third-order valence-corrected chi connectivity index (χ3v) is 6.46. The average Bonchev–Trinajstić information content (AvgIpc) is 3.13. The maximum atomic E-state index is 12.1. The first-order valence-corrected chi connectivity index (χ1v) is 11.6. The summed E-state index contributed by atoms with van der Waals surface area (Å²) in [5, 5.41) is 6.60. The smallest absolute Gasteiger partial charge is 0.251 e. The molecule has 1 aliphatic carbocycles. The zero-order valence-electron chi connectivity index (χ0n) is 18.5. The number of carbonyl (C=O) groups excluding carboxylic acids is 1. The summed E-state index contributed by atoms with van der Waals surface area (Å²) in [6.07, 6.45) is 13.5. The minimum Gasteiger partial charge on any atom is -0.487 e. The van der Waals surface area contributed by atoms with E-state index in [0.29, 0.717) is 24.2 Å². The minimum absolute atomic E-state index is 0.0149. The van der Waals surface area contributed by atoms with Crippen LogP contribution in [0.25, 0.3) is 5.57 Å². The monoisotopic (exact) mass is 406 g/mol. The van der Waals surface area contributed by atoms with E-state index in [0.717, 1.165) is 31.4 Å². The first-order valence-electron chi connectivity index (χ1n) is 11.6. The molecule has 0 aromatic heterocycles. The Morgan fingerprint density at radius 1 is 1.17 bits per heavy atom. The Kier molecular flexibility index (Phi) is 6.14. The number of rotatable bonds is 3. The summed E-state index contributed by atoms with van der Waals surface area (Å²) < 4.78 is 6.69. The van der Waals surface area contributed by atoms with E-state index in [-0.39, 0.29) is 11.5 Å². The molecular formula is C26H34N2O2. The van der Waals surface area contributed by atoms with Crippen molar-refractivity contribution in [2.24, 2.45) is 0 Å². The Labute approximate surface area is 180 Å². The van der Waals surface area contributed by atoms with Gasteiger partial charge in [-0.1, -0.05) is 38.1 Å². The predicted octanol–water partition coefficient (Wildman–Crippen LogP) is 5.13. The molecule has 2 N–H and O–H groups in total. The van der Waals surface area contributed by atoms with Gasteiger partial charge in [-0.15, -0.1) is 0 Å². The molecule has 0 radical (unpaired) electrons. The van der Waals surface area contributed by atoms with Crippen LogP contribution in [-0.2, 0) is 4.74 Å². The summed E-state index contributed by atoms with van der Waals surface area (Å²) in [7, 11) is 0. The molecule has 2 atom stereocenters. The molecule has 1 amide bonds. The fraction of sp³-hybridized carbons (Fsp3) is 0.500. The van der Waals surface area contributed by atoms with Crippen LogP contribution < -0.4 is 10.6 Å². The fourth-order valence-corrected chi connectivity index (χ4v) is 5.25. The molecule has 1 aromatic carbocycles. The summed E-state index contributed by atoms with van der Waals surface area (Å²) in [5.74, 6) is 1.13. The third kappa shape index (κ3) is 3.98. The van der Waals surface area contributed by atoms with Gasteiger partial charge in [-0.3, -0.25) is 4.79 Å². The van der Waals surface area contributed by atoms with E-state index >= 15 is 0 Å². The molecule has 5 rings (SSSR count). The van der Waals surface area contributed by atoms with E-state index in [2.05, 4.69) is 41.0 Å². The van der Waals surface area contributed by atoms with Crippen LogP contribution in [-0.4, -0.2) is 30.1 Å². The van der Waals surface area contributed by atoms with Crippen molar-refractivity contribution >= 4 is 11.5 Å². The summed E-state index contributed by atoms with van der Waals surface area (Å²) >= 11 is 0. The first kappa shape index (κ1) is 20.9. The number of benzene rings is 1. The molecule has 2 saturated heterocycles. The van der Waals surface area contributed by atoms with Crippen molar-refractivity contribution in [1.82, 2.24) is 10.6 Å². The van der Waals surface area contributed by atoms with E-state index in [1.165, 1.54) is 29.6 Å². The van der Waals surface area contributed by atoms with Crippen LogP contribution in [0.15, 0.2) is 53.8 Å². The zero-order valence-corrected chi connectivity index (χ0v) is 18.5. The maximum Gasteiger partial charge on any atom is 0.251 e. The van der Waals surface area contributed by atoms with Crippen molar-refractivity contribution in [3.63, 3.8) is 0 Å². The lowest BCUT2D eigenvalue weighted by molar-refractivity contribution is -0.00387. The van der Waals surface area contributed by atoms with Crippen LogP contribution in [0.4, 0.5) is 0 Å². The van der Waals surface area contributed by atoms with E-state index in [1.54, 1.807) is 0 Å². The van der Waals surface area contributed by atoms with Gasteiger partial charge in [-0.05, 0) is 55.5 Å². The first-order chi connectivity index (χ1) is 14.7. The van der Waals surface area contributed by atoms with Gasteiger partial charge in [0.1, 0.15) is 11.4 Å². The van der Waals surface area contributed by atoms with Crippen molar-refractivity contribution in [3.8, 4) is 0 Å². The number of piperidine rings is 1. The average molecular weight is 407 g/mol. The summed E-state index contributed by atoms with van der Waals surface area (Å²) in [4.78, 5) is 12.1. The maximum absolute atomic E-state index is 12.1. The van der Waals surface area contributed by atoms with Crippen LogP contribution in [0, 0.1) is 0 Å². The van der Waals surface area contributed by atoms with Gasteiger partial charge in [0.2, 0.25) is 0 Å². The van der Waals surface area contributed by atoms with Crippen LogP contribution in [0.1, 0.15) is 75.2 Å². The Balaban J connectivity index is 0.00000106. The van der Waals surface area contributed by atoms with E-state index in [4.69, 9.17) is 4.74 Å². The van der Waals surface area contributed by atoms with Gasteiger partial charge in [0, 0.05) is 49.0 Å². The standard InChI is InChI=1S/C24H28N2O2.C2H6/c1-2-25-23(27)17-9-7-16(8-10-17)21-15-24(13-18-11-12-19(14-24)26-18)28-22-6-4-3-5-20(21)22;1-2/h3,5,7-10,15,18-19,26H,2,4,6,11-14H2,1H3,(H,25,27);1-2H3. The molecule has 2 fully saturated rings. The van der Waals surface area contributed by atoms with Gasteiger partial charge in [0.05, 0.1) is 0 Å². The highest BCUT2D eigenvalue weighted by molar-refractivity contribution is 5.95. The molecular weight excluding hydrogens is 372 g/mol. The van der Waals surface area contributed by atoms with Crippen LogP contribution in [0.3, 0.4) is 0 Å². The number of allylic oxidation sites excluding steroid dienone is 5. The fourth-order valence-electron chi connectivity index (χ4n) is 5.25. The van der Waals surface area contributed by atoms with E-state index in [1.807, 2.05) is 32.9 Å². The second-order valence-electron chi connectivity index (χ2n) is 8.49. The molecule has 4 heteroatoms. The topological polar surface area (TPSA) is 50.4 Å². The summed E-state index contributed by atoms with van der Waals surface area (Å²) in [6.45, 7) is 6.58. The Hall–Kier alpha value is -2.33. The number of fused-ring (bicyclic) bond motifs is 2. The van der Waals surface area contributed by atoms with Crippen molar-refractivity contribution < 1.29 is 9.53 Å². The highest BCUT2D eigenvalue weighted by Gasteiger charge is 2.46. The lowest BCUT2D eigenvalue weighted by atomic mass is 9.79. The summed E-state index contributed by atoms with van der Waals surface area (Å²) in [6, 6.07) is 9.16. The zero-order chi connectivity index (χ0) is 21.1. The molecule has 2 unspecified atom stereocenters. The van der Waals surface area contributed by atoms with Crippen molar-refractivity contribution in [2.75, 3.05) is 6.54 Å². The molecule has 3 aliphatic heterocycles. The number of carbonyl (C=O) groups is 1. The molecule has 4 aliphatic rings. The molecule has 160 valence electrons. The van der Waals surface area contributed by atoms with Gasteiger partial charge in [-0.2, -0.15) is 0 Å². The van der Waals surface area contributed by atoms with E-state index in [9.17, 15) is 4.79 Å². The number of amides is 1. The molecule has 4 nitrogen and oxygen atoms in total. The lowest BCUT2D eigenvalue weighted by Gasteiger charge is -2.44. The second kappa shape index (κ2) is 8.81. The molecule has 2 bridgehead atoms. The number of nitrogens with one attached hydrogen (secondary N) is 2. The number of hydrogen-bond acceptors (Lipinski definition) is 3. The number of ether oxygens (including phenoxy) is 1. The van der Waals surface area contributed by atoms with Crippen LogP contribution >= 0.6 is 0 Å².